The molecular weight excluding hydrogens is 274 g/mol. The number of allylic oxidation sites excluding steroid dienone is 1. The van der Waals surface area contributed by atoms with Crippen LogP contribution in [0.4, 0.5) is 11.9 Å². The molecule has 0 amide bonds. The Morgan fingerprint density at radius 2 is 1.90 bits per heavy atom. The minimum Gasteiger partial charge on any atom is -0.368 e. The minimum atomic E-state index is 0.0347. The summed E-state index contributed by atoms with van der Waals surface area (Å²) in [6.45, 7) is 3.90. The van der Waals surface area contributed by atoms with E-state index in [0.29, 0.717) is 16.8 Å². The summed E-state index contributed by atoms with van der Waals surface area (Å²) < 4.78 is 0. The molecule has 104 valence electrons. The van der Waals surface area contributed by atoms with Crippen molar-refractivity contribution in [1.82, 2.24) is 15.0 Å². The fourth-order valence-corrected chi connectivity index (χ4v) is 1.85. The lowest BCUT2D eigenvalue weighted by atomic mass is 10.1. The molecule has 0 bridgehead atoms. The fourth-order valence-electron chi connectivity index (χ4n) is 1.73. The average Bonchev–Trinajstić information content (AvgIpc) is 2.39. The summed E-state index contributed by atoms with van der Waals surface area (Å²) >= 11 is 5.88. The predicted molar refractivity (Wildman–Crippen MR) is 82.4 cm³/mol. The summed E-state index contributed by atoms with van der Waals surface area (Å²) in [5.74, 6) is 1.18. The molecule has 3 N–H and O–H groups in total. The quantitative estimate of drug-likeness (QED) is 0.903. The third-order valence-electron chi connectivity index (χ3n) is 2.70. The summed E-state index contributed by atoms with van der Waals surface area (Å²) in [5.41, 5.74) is 6.75. The second kappa shape index (κ2) is 6.34. The van der Waals surface area contributed by atoms with Gasteiger partial charge in [-0.3, -0.25) is 0 Å². The summed E-state index contributed by atoms with van der Waals surface area (Å²) in [6.07, 6.45) is 3.62. The van der Waals surface area contributed by atoms with Gasteiger partial charge in [-0.15, -0.1) is 0 Å². The van der Waals surface area contributed by atoms with Crippen molar-refractivity contribution in [3.63, 3.8) is 0 Å². The largest absolute Gasteiger partial charge is 0.368 e. The van der Waals surface area contributed by atoms with E-state index in [1.807, 2.05) is 44.2 Å². The summed E-state index contributed by atoms with van der Waals surface area (Å²) in [6, 6.07) is 7.64. The van der Waals surface area contributed by atoms with Gasteiger partial charge in [0.25, 0.3) is 0 Å². The Morgan fingerprint density at radius 3 is 2.55 bits per heavy atom. The molecule has 0 fully saturated rings. The Hall–Kier alpha value is -2.14. The topological polar surface area (TPSA) is 76.7 Å². The van der Waals surface area contributed by atoms with Crippen LogP contribution in [0.1, 0.15) is 31.3 Å². The monoisotopic (exact) mass is 289 g/mol. The van der Waals surface area contributed by atoms with Crippen molar-refractivity contribution in [1.29, 1.82) is 0 Å². The molecule has 0 aliphatic rings. The first-order valence-electron chi connectivity index (χ1n) is 6.24. The molecule has 1 aromatic carbocycles. The van der Waals surface area contributed by atoms with Crippen molar-refractivity contribution in [2.24, 2.45) is 0 Å². The lowest BCUT2D eigenvalue weighted by molar-refractivity contribution is 0.853. The molecule has 0 saturated heterocycles. The van der Waals surface area contributed by atoms with Gasteiger partial charge in [-0.05, 0) is 37.6 Å². The highest BCUT2D eigenvalue weighted by Crippen LogP contribution is 2.19. The van der Waals surface area contributed by atoms with Gasteiger partial charge in [-0.1, -0.05) is 29.8 Å². The number of nitrogens with two attached hydrogens (primary N) is 1. The average molecular weight is 290 g/mol. The number of nitrogen functional groups attached to an aromatic ring is 1. The smallest absolute Gasteiger partial charge is 0.228 e. The van der Waals surface area contributed by atoms with Crippen LogP contribution in [-0.4, -0.2) is 15.0 Å². The Kier molecular flexibility index (Phi) is 4.53. The Labute approximate surface area is 122 Å². The molecule has 0 aliphatic carbocycles. The van der Waals surface area contributed by atoms with E-state index in [-0.39, 0.29) is 12.0 Å². The van der Waals surface area contributed by atoms with Crippen LogP contribution in [0.2, 0.25) is 5.02 Å². The summed E-state index contributed by atoms with van der Waals surface area (Å²) in [5, 5.41) is 3.91. The SMILES string of the molecule is C/C=C\c1nc(N)nc(NC(C)c2ccc(Cl)cc2)n1. The number of rotatable bonds is 4. The maximum Gasteiger partial charge on any atom is 0.228 e. The number of hydrogen-bond acceptors (Lipinski definition) is 5. The first kappa shape index (κ1) is 14.3. The van der Waals surface area contributed by atoms with Gasteiger partial charge in [-0.25, -0.2) is 0 Å². The van der Waals surface area contributed by atoms with Gasteiger partial charge < -0.3 is 11.1 Å². The molecule has 1 atom stereocenters. The van der Waals surface area contributed by atoms with E-state index < -0.39 is 0 Å². The first-order valence-corrected chi connectivity index (χ1v) is 6.62. The van der Waals surface area contributed by atoms with Gasteiger partial charge in [0, 0.05) is 5.02 Å². The van der Waals surface area contributed by atoms with Crippen LogP contribution in [0.15, 0.2) is 30.3 Å². The van der Waals surface area contributed by atoms with E-state index in [0.717, 1.165) is 5.56 Å². The Balaban J connectivity index is 2.18. The van der Waals surface area contributed by atoms with Gasteiger partial charge in [0.05, 0.1) is 6.04 Å². The zero-order valence-corrected chi connectivity index (χ0v) is 12.1. The van der Waals surface area contributed by atoms with Gasteiger partial charge in [-0.2, -0.15) is 15.0 Å². The molecule has 2 aromatic rings. The molecule has 20 heavy (non-hydrogen) atoms. The zero-order chi connectivity index (χ0) is 14.5. The van der Waals surface area contributed by atoms with Crippen molar-refractivity contribution in [3.05, 3.63) is 46.8 Å². The van der Waals surface area contributed by atoms with E-state index in [1.165, 1.54) is 0 Å². The van der Waals surface area contributed by atoms with Crippen LogP contribution in [-0.2, 0) is 0 Å². The van der Waals surface area contributed by atoms with E-state index in [1.54, 1.807) is 6.08 Å². The molecule has 1 unspecified atom stereocenters. The van der Waals surface area contributed by atoms with Crippen molar-refractivity contribution in [3.8, 4) is 0 Å². The van der Waals surface area contributed by atoms with Crippen molar-refractivity contribution >= 4 is 29.6 Å². The standard InChI is InChI=1S/C14H16ClN5/c1-3-4-12-18-13(16)20-14(19-12)17-9(2)10-5-7-11(15)8-6-10/h3-9H,1-2H3,(H3,16,17,18,19,20)/b4-3-. The zero-order valence-electron chi connectivity index (χ0n) is 11.3. The highest BCUT2D eigenvalue weighted by molar-refractivity contribution is 6.30. The molecule has 6 heteroatoms. The van der Waals surface area contributed by atoms with Gasteiger partial charge in [0.2, 0.25) is 11.9 Å². The molecule has 0 aliphatic heterocycles. The Bertz CT molecular complexity index is 609. The predicted octanol–water partition coefficient (Wildman–Crippen LogP) is 3.31. The van der Waals surface area contributed by atoms with Crippen LogP contribution >= 0.6 is 11.6 Å². The maximum atomic E-state index is 5.88. The van der Waals surface area contributed by atoms with Crippen LogP contribution in [0.3, 0.4) is 0 Å². The van der Waals surface area contributed by atoms with Crippen molar-refractivity contribution in [2.75, 3.05) is 11.1 Å². The molecular formula is C14H16ClN5. The van der Waals surface area contributed by atoms with Crippen LogP contribution < -0.4 is 11.1 Å². The highest BCUT2D eigenvalue weighted by Gasteiger charge is 2.08. The molecule has 5 nitrogen and oxygen atoms in total. The molecule has 1 heterocycles. The third-order valence-corrected chi connectivity index (χ3v) is 2.95. The molecule has 0 saturated carbocycles. The van der Waals surface area contributed by atoms with Gasteiger partial charge in [0.15, 0.2) is 5.82 Å². The number of nitrogens with one attached hydrogen (secondary N) is 1. The maximum absolute atomic E-state index is 5.88. The summed E-state index contributed by atoms with van der Waals surface area (Å²) in [7, 11) is 0. The first-order chi connectivity index (χ1) is 9.58. The van der Waals surface area contributed by atoms with Crippen molar-refractivity contribution in [2.45, 2.75) is 19.9 Å². The Morgan fingerprint density at radius 1 is 1.20 bits per heavy atom. The normalized spacial score (nSPS) is 12.6. The number of anilines is 2. The number of hydrogen-bond donors (Lipinski definition) is 2. The van der Waals surface area contributed by atoms with Crippen LogP contribution in [0.25, 0.3) is 6.08 Å². The van der Waals surface area contributed by atoms with E-state index in [4.69, 9.17) is 17.3 Å². The lowest BCUT2D eigenvalue weighted by Crippen LogP contribution is -2.12. The highest BCUT2D eigenvalue weighted by atomic mass is 35.5. The molecule has 1 aromatic heterocycles. The number of benzene rings is 1. The van der Waals surface area contributed by atoms with E-state index >= 15 is 0 Å². The number of nitrogens with zero attached hydrogens (tertiary/aromatic N) is 3. The van der Waals surface area contributed by atoms with Gasteiger partial charge >= 0.3 is 0 Å². The molecule has 0 spiro atoms. The number of halogens is 1. The summed E-state index contributed by atoms with van der Waals surface area (Å²) in [4.78, 5) is 12.4. The minimum absolute atomic E-state index is 0.0347. The van der Waals surface area contributed by atoms with E-state index in [9.17, 15) is 0 Å². The van der Waals surface area contributed by atoms with Crippen molar-refractivity contribution < 1.29 is 0 Å². The van der Waals surface area contributed by atoms with E-state index in [2.05, 4.69) is 20.3 Å². The number of aromatic nitrogens is 3. The third kappa shape index (κ3) is 3.68. The van der Waals surface area contributed by atoms with Crippen LogP contribution in [0, 0.1) is 0 Å². The second-order valence-corrected chi connectivity index (χ2v) is 4.73. The fraction of sp³-hybridized carbons (Fsp3) is 0.214. The van der Waals surface area contributed by atoms with Crippen LogP contribution in [0.5, 0.6) is 0 Å². The lowest BCUT2D eigenvalue weighted by Gasteiger charge is -2.14. The molecule has 2 rings (SSSR count). The van der Waals surface area contributed by atoms with Gasteiger partial charge in [0.1, 0.15) is 0 Å². The second-order valence-electron chi connectivity index (χ2n) is 4.29. The molecule has 0 radical (unpaired) electrons.